The number of aromatic hydroxyl groups is 1. The van der Waals surface area contributed by atoms with E-state index in [1.165, 1.54) is 18.5 Å². The van der Waals surface area contributed by atoms with Crippen molar-refractivity contribution in [2.45, 2.75) is 0 Å². The Kier molecular flexibility index (Phi) is 4.55. The first-order valence-electron chi connectivity index (χ1n) is 7.56. The molecule has 1 aliphatic rings. The Morgan fingerprint density at radius 3 is 2.75 bits per heavy atom. The molecule has 124 valence electrons. The second-order valence-electron chi connectivity index (χ2n) is 5.72. The van der Waals surface area contributed by atoms with Crippen LogP contribution in [0.3, 0.4) is 0 Å². The lowest BCUT2D eigenvalue weighted by Crippen LogP contribution is -2.44. The molecule has 0 amide bonds. The standard InChI is InChI=1S/C16H17N5O3/c1-19-5-7-20(8-6-19)4-2-3-12-9-14-13(10-15(12)21(23)24)16(22)18-11-17-14/h9-11H,4-8H2,1H3,(H,17,18,22). The first-order valence-corrected chi connectivity index (χ1v) is 7.56. The normalized spacial score (nSPS) is 15.9. The maximum atomic E-state index is 11.3. The first-order chi connectivity index (χ1) is 11.5. The summed E-state index contributed by atoms with van der Waals surface area (Å²) >= 11 is 0. The van der Waals surface area contributed by atoms with Crippen LogP contribution in [0.4, 0.5) is 5.69 Å². The minimum Gasteiger partial charge on any atom is -0.493 e. The lowest BCUT2D eigenvalue weighted by molar-refractivity contribution is -0.385. The minimum absolute atomic E-state index is 0.154. The van der Waals surface area contributed by atoms with Gasteiger partial charge in [-0.15, -0.1) is 0 Å². The van der Waals surface area contributed by atoms with Crippen LogP contribution in [0.5, 0.6) is 5.88 Å². The van der Waals surface area contributed by atoms with Crippen LogP contribution in [0.2, 0.25) is 0 Å². The lowest BCUT2D eigenvalue weighted by Gasteiger charge is -2.30. The quantitative estimate of drug-likeness (QED) is 0.496. The van der Waals surface area contributed by atoms with Crippen molar-refractivity contribution >= 4 is 16.6 Å². The molecule has 1 aliphatic heterocycles. The summed E-state index contributed by atoms with van der Waals surface area (Å²) in [6.07, 6.45) is 1.21. The average Bonchev–Trinajstić information content (AvgIpc) is 2.56. The number of likely N-dealkylation sites (N-methyl/N-ethyl adjacent to an activating group) is 1. The largest absolute Gasteiger partial charge is 0.493 e. The SMILES string of the molecule is CN1CCN(CC#Cc2cc3ncnc(O)c3cc2[N+](=O)[O-])CC1. The van der Waals surface area contributed by atoms with Crippen molar-refractivity contribution in [2.75, 3.05) is 39.8 Å². The molecule has 1 N–H and O–H groups in total. The molecule has 3 rings (SSSR count). The van der Waals surface area contributed by atoms with Gasteiger partial charge in [-0.3, -0.25) is 15.0 Å². The van der Waals surface area contributed by atoms with Crippen LogP contribution in [-0.2, 0) is 0 Å². The predicted molar refractivity (Wildman–Crippen MR) is 88.7 cm³/mol. The van der Waals surface area contributed by atoms with Crippen LogP contribution in [0.25, 0.3) is 10.9 Å². The number of nitro groups is 1. The summed E-state index contributed by atoms with van der Waals surface area (Å²) < 4.78 is 0. The molecule has 1 aromatic heterocycles. The number of aromatic nitrogens is 2. The van der Waals surface area contributed by atoms with Crippen LogP contribution >= 0.6 is 0 Å². The summed E-state index contributed by atoms with van der Waals surface area (Å²) in [6.45, 7) is 4.43. The summed E-state index contributed by atoms with van der Waals surface area (Å²) in [7, 11) is 2.08. The van der Waals surface area contributed by atoms with Crippen molar-refractivity contribution in [2.24, 2.45) is 0 Å². The second kappa shape index (κ2) is 6.78. The number of hydrogen-bond donors (Lipinski definition) is 1. The fourth-order valence-corrected chi connectivity index (χ4v) is 2.58. The van der Waals surface area contributed by atoms with Gasteiger partial charge in [-0.1, -0.05) is 11.8 Å². The Labute approximate surface area is 138 Å². The zero-order chi connectivity index (χ0) is 17.1. The highest BCUT2D eigenvalue weighted by molar-refractivity contribution is 5.87. The molecule has 0 radical (unpaired) electrons. The molecule has 0 aliphatic carbocycles. The van der Waals surface area contributed by atoms with Crippen molar-refractivity contribution in [3.8, 4) is 17.7 Å². The van der Waals surface area contributed by atoms with Crippen molar-refractivity contribution in [1.82, 2.24) is 19.8 Å². The maximum absolute atomic E-state index is 11.3. The van der Waals surface area contributed by atoms with E-state index < -0.39 is 4.92 Å². The Morgan fingerprint density at radius 1 is 1.29 bits per heavy atom. The van der Waals surface area contributed by atoms with E-state index in [1.54, 1.807) is 0 Å². The van der Waals surface area contributed by atoms with Gasteiger partial charge in [0.15, 0.2) is 0 Å². The van der Waals surface area contributed by atoms with E-state index in [4.69, 9.17) is 0 Å². The number of rotatable bonds is 2. The summed E-state index contributed by atoms with van der Waals surface area (Å²) in [5.74, 6) is 5.61. The average molecular weight is 327 g/mol. The van der Waals surface area contributed by atoms with E-state index in [0.29, 0.717) is 17.6 Å². The number of hydrogen-bond acceptors (Lipinski definition) is 7. The van der Waals surface area contributed by atoms with Crippen LogP contribution in [0, 0.1) is 22.0 Å². The van der Waals surface area contributed by atoms with Crippen LogP contribution in [0.1, 0.15) is 5.56 Å². The molecule has 0 saturated carbocycles. The van der Waals surface area contributed by atoms with Gasteiger partial charge in [0.25, 0.3) is 5.69 Å². The molecule has 24 heavy (non-hydrogen) atoms. The number of piperazine rings is 1. The summed E-state index contributed by atoms with van der Waals surface area (Å²) in [4.78, 5) is 22.9. The molecule has 1 aromatic carbocycles. The van der Waals surface area contributed by atoms with E-state index in [-0.39, 0.29) is 17.0 Å². The smallest absolute Gasteiger partial charge is 0.285 e. The third-order valence-electron chi connectivity index (χ3n) is 4.05. The fourth-order valence-electron chi connectivity index (χ4n) is 2.58. The van der Waals surface area contributed by atoms with Crippen molar-refractivity contribution < 1.29 is 10.0 Å². The zero-order valence-electron chi connectivity index (χ0n) is 13.3. The van der Waals surface area contributed by atoms with Crippen molar-refractivity contribution in [3.63, 3.8) is 0 Å². The third-order valence-corrected chi connectivity index (χ3v) is 4.05. The van der Waals surface area contributed by atoms with E-state index in [0.717, 1.165) is 26.2 Å². The second-order valence-corrected chi connectivity index (χ2v) is 5.72. The minimum atomic E-state index is -0.508. The van der Waals surface area contributed by atoms with Crippen LogP contribution in [0.15, 0.2) is 18.5 Å². The van der Waals surface area contributed by atoms with Crippen molar-refractivity contribution in [1.29, 1.82) is 0 Å². The Morgan fingerprint density at radius 2 is 2.04 bits per heavy atom. The molecular weight excluding hydrogens is 310 g/mol. The molecule has 8 heteroatoms. The predicted octanol–water partition coefficient (Wildman–Crippen LogP) is 0.842. The Bertz CT molecular complexity index is 835. The van der Waals surface area contributed by atoms with Gasteiger partial charge in [-0.05, 0) is 13.1 Å². The monoisotopic (exact) mass is 327 g/mol. The van der Waals surface area contributed by atoms with Gasteiger partial charge in [0.05, 0.1) is 22.4 Å². The first kappa shape index (κ1) is 16.1. The molecule has 8 nitrogen and oxygen atoms in total. The Balaban J connectivity index is 1.87. The number of fused-ring (bicyclic) bond motifs is 1. The zero-order valence-corrected chi connectivity index (χ0v) is 13.3. The summed E-state index contributed by atoms with van der Waals surface area (Å²) in [6, 6.07) is 2.79. The highest BCUT2D eigenvalue weighted by atomic mass is 16.6. The topological polar surface area (TPSA) is 95.6 Å². The van der Waals surface area contributed by atoms with Gasteiger partial charge in [0, 0.05) is 32.2 Å². The number of benzene rings is 1. The van der Waals surface area contributed by atoms with E-state index in [2.05, 4.69) is 38.7 Å². The van der Waals surface area contributed by atoms with Crippen LogP contribution in [-0.4, -0.2) is 69.6 Å². The Hall–Kier alpha value is -2.76. The molecule has 0 bridgehead atoms. The van der Waals surface area contributed by atoms with E-state index in [1.807, 2.05) is 0 Å². The van der Waals surface area contributed by atoms with Gasteiger partial charge < -0.3 is 10.0 Å². The van der Waals surface area contributed by atoms with Gasteiger partial charge >= 0.3 is 0 Å². The maximum Gasteiger partial charge on any atom is 0.285 e. The van der Waals surface area contributed by atoms with Gasteiger partial charge in [-0.2, -0.15) is 0 Å². The summed E-state index contributed by atoms with van der Waals surface area (Å²) in [5.41, 5.74) is 0.565. The highest BCUT2D eigenvalue weighted by Crippen LogP contribution is 2.28. The van der Waals surface area contributed by atoms with Crippen molar-refractivity contribution in [3.05, 3.63) is 34.1 Å². The molecule has 0 spiro atoms. The number of nitrogens with zero attached hydrogens (tertiary/aromatic N) is 5. The number of nitro benzene ring substituents is 1. The molecule has 1 fully saturated rings. The lowest BCUT2D eigenvalue weighted by atomic mass is 10.1. The summed E-state index contributed by atoms with van der Waals surface area (Å²) in [5, 5.41) is 21.2. The molecule has 0 atom stereocenters. The van der Waals surface area contributed by atoms with Gasteiger partial charge in [-0.25, -0.2) is 9.97 Å². The third kappa shape index (κ3) is 3.42. The molecule has 0 unspecified atom stereocenters. The molecular formula is C16H17N5O3. The van der Waals surface area contributed by atoms with Crippen LogP contribution < -0.4 is 0 Å². The van der Waals surface area contributed by atoms with E-state index in [9.17, 15) is 15.2 Å². The molecule has 2 heterocycles. The van der Waals surface area contributed by atoms with Gasteiger partial charge in [0.2, 0.25) is 5.88 Å². The van der Waals surface area contributed by atoms with Gasteiger partial charge in [0.1, 0.15) is 11.9 Å². The highest BCUT2D eigenvalue weighted by Gasteiger charge is 2.17. The fraction of sp³-hybridized carbons (Fsp3) is 0.375. The molecule has 2 aromatic rings. The molecule has 1 saturated heterocycles. The van der Waals surface area contributed by atoms with E-state index >= 15 is 0 Å².